The Balaban J connectivity index is 1.54. The van der Waals surface area contributed by atoms with Crippen LogP contribution in [0.3, 0.4) is 0 Å². The van der Waals surface area contributed by atoms with Crippen LogP contribution in [0.25, 0.3) is 11.4 Å². The second-order valence-corrected chi connectivity index (χ2v) is 7.13. The minimum Gasteiger partial charge on any atom is -0.497 e. The number of nitrogens with one attached hydrogen (secondary N) is 1. The Hall–Kier alpha value is -3.39. The summed E-state index contributed by atoms with van der Waals surface area (Å²) in [7, 11) is 1.56. The molecule has 0 spiro atoms. The summed E-state index contributed by atoms with van der Waals surface area (Å²) in [6.45, 7) is 1.53. The molecule has 1 aliphatic rings. The topological polar surface area (TPSA) is 97.6 Å². The van der Waals surface area contributed by atoms with E-state index in [0.29, 0.717) is 27.7 Å². The number of rotatable bonds is 5. The number of nitrogens with zero attached hydrogens (tertiary/aromatic N) is 3. The highest BCUT2D eigenvalue weighted by atomic mass is 35.5. The van der Waals surface area contributed by atoms with Crippen molar-refractivity contribution in [1.82, 2.24) is 20.4 Å². The van der Waals surface area contributed by atoms with E-state index in [-0.39, 0.29) is 12.4 Å². The number of halogens is 1. The van der Waals surface area contributed by atoms with Crippen molar-refractivity contribution in [2.75, 3.05) is 7.11 Å². The average molecular weight is 413 g/mol. The van der Waals surface area contributed by atoms with Crippen molar-refractivity contribution >= 4 is 23.5 Å². The largest absolute Gasteiger partial charge is 0.497 e. The zero-order chi connectivity index (χ0) is 20.6. The van der Waals surface area contributed by atoms with Crippen molar-refractivity contribution in [1.29, 1.82) is 0 Å². The lowest BCUT2D eigenvalue weighted by Crippen LogP contribution is -2.40. The Morgan fingerprint density at radius 2 is 1.83 bits per heavy atom. The van der Waals surface area contributed by atoms with Gasteiger partial charge in [-0.15, -0.1) is 0 Å². The standard InChI is InChI=1S/C20H17ClN4O4/c1-20(13-5-9-15(28-2)10-6-13)18(26)25(19(27)23-20)11-16-22-17(24-29-16)12-3-7-14(21)8-4-12/h3-10H,11H2,1-2H3,(H,23,27). The van der Waals surface area contributed by atoms with Crippen LogP contribution >= 0.6 is 11.6 Å². The monoisotopic (exact) mass is 412 g/mol. The molecule has 29 heavy (non-hydrogen) atoms. The van der Waals surface area contributed by atoms with E-state index >= 15 is 0 Å². The van der Waals surface area contributed by atoms with Crippen LogP contribution in [0.1, 0.15) is 18.4 Å². The molecule has 1 N–H and O–H groups in total. The fourth-order valence-electron chi connectivity index (χ4n) is 3.13. The lowest BCUT2D eigenvalue weighted by atomic mass is 9.92. The molecule has 3 amide bonds. The summed E-state index contributed by atoms with van der Waals surface area (Å²) in [6.07, 6.45) is 0. The van der Waals surface area contributed by atoms with Crippen LogP contribution in [-0.4, -0.2) is 34.1 Å². The van der Waals surface area contributed by atoms with Gasteiger partial charge in [-0.1, -0.05) is 28.9 Å². The van der Waals surface area contributed by atoms with Gasteiger partial charge in [0.1, 0.15) is 17.8 Å². The lowest BCUT2D eigenvalue weighted by Gasteiger charge is -2.22. The number of aromatic nitrogens is 2. The molecule has 0 saturated carbocycles. The molecule has 0 radical (unpaired) electrons. The third kappa shape index (κ3) is 3.42. The molecular weight excluding hydrogens is 396 g/mol. The maximum absolute atomic E-state index is 13.0. The normalized spacial score (nSPS) is 18.8. The van der Waals surface area contributed by atoms with Gasteiger partial charge in [0.15, 0.2) is 0 Å². The molecule has 8 nitrogen and oxygen atoms in total. The Morgan fingerprint density at radius 1 is 1.14 bits per heavy atom. The molecule has 4 rings (SSSR count). The van der Waals surface area contributed by atoms with Gasteiger partial charge in [0.05, 0.1) is 7.11 Å². The van der Waals surface area contributed by atoms with Crippen LogP contribution in [0.15, 0.2) is 53.1 Å². The number of amides is 3. The molecular formula is C20H17ClN4O4. The Bertz CT molecular complexity index is 1060. The summed E-state index contributed by atoms with van der Waals surface area (Å²) in [5, 5.41) is 7.24. The van der Waals surface area contributed by atoms with Crippen LogP contribution < -0.4 is 10.1 Å². The molecule has 0 bridgehead atoms. The molecule has 2 heterocycles. The van der Waals surface area contributed by atoms with Crippen molar-refractivity contribution < 1.29 is 18.8 Å². The molecule has 9 heteroatoms. The fraction of sp³-hybridized carbons (Fsp3) is 0.200. The quantitative estimate of drug-likeness (QED) is 0.645. The van der Waals surface area contributed by atoms with Gasteiger partial charge in [0.2, 0.25) is 11.7 Å². The summed E-state index contributed by atoms with van der Waals surface area (Å²) >= 11 is 5.88. The van der Waals surface area contributed by atoms with E-state index in [1.54, 1.807) is 62.6 Å². The molecule has 1 aromatic heterocycles. The maximum atomic E-state index is 13.0. The first-order chi connectivity index (χ1) is 13.9. The van der Waals surface area contributed by atoms with Gasteiger partial charge < -0.3 is 14.6 Å². The van der Waals surface area contributed by atoms with Crippen LogP contribution in [0.5, 0.6) is 5.75 Å². The number of imide groups is 1. The van der Waals surface area contributed by atoms with Gasteiger partial charge in [-0.05, 0) is 48.9 Å². The van der Waals surface area contributed by atoms with E-state index < -0.39 is 17.5 Å². The van der Waals surface area contributed by atoms with E-state index in [1.807, 2.05) is 0 Å². The number of urea groups is 1. The Labute approximate surface area is 171 Å². The van der Waals surface area contributed by atoms with Crippen LogP contribution in [0.2, 0.25) is 5.02 Å². The van der Waals surface area contributed by atoms with Gasteiger partial charge in [0.25, 0.3) is 5.91 Å². The lowest BCUT2D eigenvalue weighted by molar-refractivity contribution is -0.131. The maximum Gasteiger partial charge on any atom is 0.325 e. The van der Waals surface area contributed by atoms with Gasteiger partial charge in [-0.2, -0.15) is 4.98 Å². The predicted octanol–water partition coefficient (Wildman–Crippen LogP) is 3.37. The zero-order valence-corrected chi connectivity index (χ0v) is 16.4. The highest BCUT2D eigenvalue weighted by molar-refractivity contribution is 6.30. The predicted molar refractivity (Wildman–Crippen MR) is 104 cm³/mol. The zero-order valence-electron chi connectivity index (χ0n) is 15.7. The molecule has 1 fully saturated rings. The van der Waals surface area contributed by atoms with E-state index in [0.717, 1.165) is 4.90 Å². The smallest absolute Gasteiger partial charge is 0.325 e. The van der Waals surface area contributed by atoms with Crippen molar-refractivity contribution in [3.63, 3.8) is 0 Å². The summed E-state index contributed by atoms with van der Waals surface area (Å²) in [5.74, 6) is 0.754. The van der Waals surface area contributed by atoms with E-state index in [4.69, 9.17) is 20.9 Å². The van der Waals surface area contributed by atoms with Crippen molar-refractivity contribution in [2.45, 2.75) is 19.0 Å². The summed E-state index contributed by atoms with van der Waals surface area (Å²) in [4.78, 5) is 30.8. The van der Waals surface area contributed by atoms with Crippen LogP contribution in [0.4, 0.5) is 4.79 Å². The van der Waals surface area contributed by atoms with Gasteiger partial charge in [-0.25, -0.2) is 4.79 Å². The molecule has 0 aliphatic carbocycles. The first kappa shape index (κ1) is 18.9. The number of hydrogen-bond acceptors (Lipinski definition) is 6. The first-order valence-electron chi connectivity index (χ1n) is 8.78. The number of methoxy groups -OCH3 is 1. The average Bonchev–Trinajstić information content (AvgIpc) is 3.28. The van der Waals surface area contributed by atoms with Gasteiger partial charge in [-0.3, -0.25) is 9.69 Å². The minimum absolute atomic E-state index is 0.128. The third-order valence-electron chi connectivity index (χ3n) is 4.81. The highest BCUT2D eigenvalue weighted by Gasteiger charge is 2.49. The van der Waals surface area contributed by atoms with Crippen LogP contribution in [-0.2, 0) is 16.9 Å². The SMILES string of the molecule is COc1ccc(C2(C)NC(=O)N(Cc3nc(-c4ccc(Cl)cc4)no3)C2=O)cc1. The Kier molecular flexibility index (Phi) is 4.71. The molecule has 1 unspecified atom stereocenters. The molecule has 1 saturated heterocycles. The fourth-order valence-corrected chi connectivity index (χ4v) is 3.26. The van der Waals surface area contributed by atoms with Crippen molar-refractivity contribution in [2.24, 2.45) is 0 Å². The number of ether oxygens (including phenoxy) is 1. The molecule has 1 atom stereocenters. The van der Waals surface area contributed by atoms with E-state index in [9.17, 15) is 9.59 Å². The highest BCUT2D eigenvalue weighted by Crippen LogP contribution is 2.31. The number of benzene rings is 2. The first-order valence-corrected chi connectivity index (χ1v) is 9.15. The molecule has 1 aliphatic heterocycles. The minimum atomic E-state index is -1.19. The second kappa shape index (κ2) is 7.21. The summed E-state index contributed by atoms with van der Waals surface area (Å²) in [5.41, 5.74) is 0.166. The second-order valence-electron chi connectivity index (χ2n) is 6.69. The van der Waals surface area contributed by atoms with Crippen LogP contribution in [0, 0.1) is 0 Å². The third-order valence-corrected chi connectivity index (χ3v) is 5.06. The van der Waals surface area contributed by atoms with E-state index in [1.165, 1.54) is 0 Å². The Morgan fingerprint density at radius 3 is 2.48 bits per heavy atom. The molecule has 148 valence electrons. The number of carbonyl (C=O) groups is 2. The van der Waals surface area contributed by atoms with Gasteiger partial charge in [0, 0.05) is 10.6 Å². The molecule has 3 aromatic rings. The summed E-state index contributed by atoms with van der Waals surface area (Å²) in [6, 6.07) is 13.4. The number of carbonyl (C=O) groups excluding carboxylic acids is 2. The van der Waals surface area contributed by atoms with Gasteiger partial charge >= 0.3 is 6.03 Å². The summed E-state index contributed by atoms with van der Waals surface area (Å²) < 4.78 is 10.4. The molecule has 2 aromatic carbocycles. The van der Waals surface area contributed by atoms with Crippen molar-refractivity contribution in [3.8, 4) is 17.1 Å². The van der Waals surface area contributed by atoms with E-state index in [2.05, 4.69) is 15.5 Å². The van der Waals surface area contributed by atoms with Crippen molar-refractivity contribution in [3.05, 3.63) is 65.0 Å². The number of hydrogen-bond donors (Lipinski definition) is 1.